The van der Waals surface area contributed by atoms with Gasteiger partial charge in [-0.05, 0) is 81.1 Å². The highest BCUT2D eigenvalue weighted by atomic mass is 16.1. The average Bonchev–Trinajstić information content (AvgIpc) is 2.89. The number of hydrogen-bond acceptors (Lipinski definition) is 3. The van der Waals surface area contributed by atoms with Gasteiger partial charge in [-0.15, -0.1) is 0 Å². The maximum atomic E-state index is 10.3. The minimum Gasteiger partial charge on any atom is -0.310 e. The molecule has 3 heteroatoms. The van der Waals surface area contributed by atoms with Gasteiger partial charge in [-0.3, -0.25) is 0 Å². The summed E-state index contributed by atoms with van der Waals surface area (Å²) in [6, 6.07) is 10.6. The zero-order chi connectivity index (χ0) is 36.3. The SMILES string of the molecule is CC.CC(=N)CCC(C)C.CC(=O)CC(C)C.CC(=O)CC(C)C.CC(C)Cc1ccccc1.CCC(C)C.CCC(C)C. The molecule has 0 spiro atoms. The third kappa shape index (κ3) is 83.5. The number of ketones is 2. The fourth-order valence-corrected chi connectivity index (χ4v) is 2.74. The first-order valence-electron chi connectivity index (χ1n) is 17.8. The summed E-state index contributed by atoms with van der Waals surface area (Å²) in [5.41, 5.74) is 2.25. The van der Waals surface area contributed by atoms with E-state index in [1.165, 1.54) is 24.8 Å². The first-order chi connectivity index (χ1) is 20.2. The van der Waals surface area contributed by atoms with Crippen molar-refractivity contribution in [2.75, 3.05) is 0 Å². The first kappa shape index (κ1) is 54.7. The molecule has 0 fully saturated rings. The minimum absolute atomic E-state index is 0.287. The Kier molecular flexibility index (Phi) is 51.2. The van der Waals surface area contributed by atoms with E-state index in [4.69, 9.17) is 5.41 Å². The van der Waals surface area contributed by atoms with E-state index in [0.717, 1.165) is 55.1 Å². The van der Waals surface area contributed by atoms with Gasteiger partial charge >= 0.3 is 0 Å². The fraction of sp³-hybridized carbons (Fsp3) is 0.780. The quantitative estimate of drug-likeness (QED) is 0.250. The molecule has 0 unspecified atom stereocenters. The zero-order valence-electron chi connectivity index (χ0n) is 33.6. The molecule has 0 aliphatic carbocycles. The smallest absolute Gasteiger partial charge is 0.130 e. The number of carbonyl (C=O) groups is 2. The van der Waals surface area contributed by atoms with Crippen LogP contribution >= 0.6 is 0 Å². The van der Waals surface area contributed by atoms with Crippen molar-refractivity contribution >= 4 is 17.3 Å². The van der Waals surface area contributed by atoms with E-state index in [-0.39, 0.29) is 11.6 Å². The summed E-state index contributed by atoms with van der Waals surface area (Å²) in [5.74, 6) is 4.91. The lowest BCUT2D eigenvalue weighted by Crippen LogP contribution is -1.95. The molecule has 0 aliphatic heterocycles. The molecule has 0 radical (unpaired) electrons. The fourth-order valence-electron chi connectivity index (χ4n) is 2.74. The average molecular weight is 622 g/mol. The number of rotatable bonds is 11. The Morgan fingerprint density at radius 2 is 0.886 bits per heavy atom. The van der Waals surface area contributed by atoms with Crippen molar-refractivity contribution in [3.05, 3.63) is 35.9 Å². The van der Waals surface area contributed by atoms with Crippen LogP contribution in [0.4, 0.5) is 0 Å². The predicted octanol–water partition coefficient (Wildman–Crippen LogP) is 13.7. The van der Waals surface area contributed by atoms with Gasteiger partial charge in [-0.1, -0.05) is 154 Å². The Hall–Kier alpha value is -1.77. The van der Waals surface area contributed by atoms with Crippen LogP contribution in [0.5, 0.6) is 0 Å². The number of benzene rings is 1. The molecule has 0 aliphatic rings. The van der Waals surface area contributed by atoms with Gasteiger partial charge in [0.1, 0.15) is 11.6 Å². The topological polar surface area (TPSA) is 58.0 Å². The molecule has 264 valence electrons. The van der Waals surface area contributed by atoms with Crippen LogP contribution < -0.4 is 0 Å². The summed E-state index contributed by atoms with van der Waals surface area (Å²) in [6.45, 7) is 39.4. The molecule has 3 nitrogen and oxygen atoms in total. The standard InChI is InChI=1S/C10H14.C7H15N.2C6H12O.2C5H12.C2H6/c1-9(2)8-10-6-4-3-5-7-10;1-6(2)4-5-7(3)8;2*1-5(2)4-6(3)7;2*1-4-5(2)3;1-2/h3-7,9H,8H2,1-2H3;6,8H,4-5H2,1-3H3;2*5H,4H2,1-3H3;2*5H,4H2,1-3H3;1-2H3. The van der Waals surface area contributed by atoms with Crippen molar-refractivity contribution < 1.29 is 9.59 Å². The second-order valence-electron chi connectivity index (χ2n) is 14.0. The number of Topliss-reactive ketones (excluding diaryl/α,β-unsaturated/α-hetero) is 2. The lowest BCUT2D eigenvalue weighted by molar-refractivity contribution is -0.118. The lowest BCUT2D eigenvalue weighted by Gasteiger charge is -2.02. The van der Waals surface area contributed by atoms with Crippen molar-refractivity contribution in [3.8, 4) is 0 Å². The van der Waals surface area contributed by atoms with Crippen LogP contribution in [0.2, 0.25) is 0 Å². The first-order valence-corrected chi connectivity index (χ1v) is 17.8. The molecular weight excluding hydrogens is 538 g/mol. The Bertz CT molecular complexity index is 673. The van der Waals surface area contributed by atoms with E-state index < -0.39 is 0 Å². The molecule has 0 amide bonds. The molecule has 0 saturated carbocycles. The van der Waals surface area contributed by atoms with Crippen molar-refractivity contribution in [3.63, 3.8) is 0 Å². The second kappa shape index (κ2) is 41.2. The lowest BCUT2D eigenvalue weighted by atomic mass is 10.0. The largest absolute Gasteiger partial charge is 0.310 e. The molecule has 0 bridgehead atoms. The molecular formula is C41H83NO2. The third-order valence-corrected chi connectivity index (χ3v) is 5.61. The van der Waals surface area contributed by atoms with Crippen molar-refractivity contribution in [1.82, 2.24) is 0 Å². The van der Waals surface area contributed by atoms with Crippen LogP contribution in [0.1, 0.15) is 176 Å². The maximum absolute atomic E-state index is 10.3. The number of nitrogens with one attached hydrogen (secondary N) is 1. The molecule has 1 aromatic carbocycles. The summed E-state index contributed by atoms with van der Waals surface area (Å²) >= 11 is 0. The Morgan fingerprint density at radius 3 is 1.02 bits per heavy atom. The van der Waals surface area contributed by atoms with Crippen LogP contribution in [-0.4, -0.2) is 17.3 Å². The minimum atomic E-state index is 0.287. The van der Waals surface area contributed by atoms with Gasteiger partial charge in [0, 0.05) is 18.6 Å². The van der Waals surface area contributed by atoms with Crippen LogP contribution in [0.15, 0.2) is 30.3 Å². The zero-order valence-corrected chi connectivity index (χ0v) is 33.6. The van der Waals surface area contributed by atoms with Gasteiger partial charge in [0.2, 0.25) is 0 Å². The summed E-state index contributed by atoms with van der Waals surface area (Å²) in [7, 11) is 0. The highest BCUT2D eigenvalue weighted by Crippen LogP contribution is 2.06. The number of carbonyl (C=O) groups excluding carboxylic acids is 2. The number of hydrogen-bond donors (Lipinski definition) is 1. The van der Waals surface area contributed by atoms with Crippen LogP contribution in [0, 0.1) is 40.9 Å². The highest BCUT2D eigenvalue weighted by Gasteiger charge is 1.96. The Labute approximate surface area is 279 Å². The summed E-state index contributed by atoms with van der Waals surface area (Å²) in [6.07, 6.45) is 7.38. The van der Waals surface area contributed by atoms with Gasteiger partial charge in [0.15, 0.2) is 0 Å². The van der Waals surface area contributed by atoms with E-state index in [9.17, 15) is 9.59 Å². The molecule has 1 aromatic rings. The molecule has 1 rings (SSSR count). The second-order valence-corrected chi connectivity index (χ2v) is 14.0. The summed E-state index contributed by atoms with van der Waals surface area (Å²) < 4.78 is 0. The normalized spacial score (nSPS) is 9.57. The van der Waals surface area contributed by atoms with Gasteiger partial charge in [0.05, 0.1) is 0 Å². The molecule has 44 heavy (non-hydrogen) atoms. The monoisotopic (exact) mass is 622 g/mol. The molecule has 0 saturated heterocycles. The Morgan fingerprint density at radius 1 is 0.568 bits per heavy atom. The molecule has 0 heterocycles. The van der Waals surface area contributed by atoms with E-state index in [1.807, 2.05) is 48.5 Å². The molecule has 0 atom stereocenters. The highest BCUT2D eigenvalue weighted by molar-refractivity contribution is 5.78. The van der Waals surface area contributed by atoms with Gasteiger partial charge < -0.3 is 15.0 Å². The van der Waals surface area contributed by atoms with Crippen LogP contribution in [0.3, 0.4) is 0 Å². The predicted molar refractivity (Wildman–Crippen MR) is 204 cm³/mol. The van der Waals surface area contributed by atoms with Crippen LogP contribution in [0.25, 0.3) is 0 Å². The van der Waals surface area contributed by atoms with E-state index in [2.05, 4.69) is 99.6 Å². The van der Waals surface area contributed by atoms with Crippen molar-refractivity contribution in [1.29, 1.82) is 5.41 Å². The van der Waals surface area contributed by atoms with E-state index in [0.29, 0.717) is 11.8 Å². The molecule has 0 aromatic heterocycles. The van der Waals surface area contributed by atoms with Gasteiger partial charge in [-0.25, -0.2) is 0 Å². The van der Waals surface area contributed by atoms with E-state index >= 15 is 0 Å². The van der Waals surface area contributed by atoms with Crippen LogP contribution in [-0.2, 0) is 16.0 Å². The Balaban J connectivity index is -0.0000000990. The summed E-state index contributed by atoms with van der Waals surface area (Å²) in [4.78, 5) is 20.5. The molecule has 1 N–H and O–H groups in total. The van der Waals surface area contributed by atoms with Gasteiger partial charge in [-0.2, -0.15) is 0 Å². The van der Waals surface area contributed by atoms with Gasteiger partial charge in [0.25, 0.3) is 0 Å². The van der Waals surface area contributed by atoms with Crippen molar-refractivity contribution in [2.45, 2.75) is 176 Å². The van der Waals surface area contributed by atoms with Crippen molar-refractivity contribution in [2.24, 2.45) is 35.5 Å². The van der Waals surface area contributed by atoms with E-state index in [1.54, 1.807) is 13.8 Å². The third-order valence-electron chi connectivity index (χ3n) is 5.61. The summed E-state index contributed by atoms with van der Waals surface area (Å²) in [5, 5.41) is 7.09. The maximum Gasteiger partial charge on any atom is 0.130 e.